The second-order valence-electron chi connectivity index (χ2n) is 4.19. The second kappa shape index (κ2) is 4.59. The molecule has 4 nitrogen and oxygen atoms in total. The summed E-state index contributed by atoms with van der Waals surface area (Å²) in [5.74, 6) is -0.270. The number of rotatable bonds is 2. The smallest absolute Gasteiger partial charge is 0.178 e. The van der Waals surface area contributed by atoms with Crippen LogP contribution in [0.2, 0.25) is 5.15 Å². The molecule has 0 saturated carbocycles. The van der Waals surface area contributed by atoms with E-state index in [1.807, 2.05) is 6.92 Å². The minimum absolute atomic E-state index is 0.270. The number of halogens is 2. The van der Waals surface area contributed by atoms with Crippen LogP contribution in [0.15, 0.2) is 36.7 Å². The van der Waals surface area contributed by atoms with Crippen LogP contribution in [-0.4, -0.2) is 19.7 Å². The molecule has 0 saturated heterocycles. The van der Waals surface area contributed by atoms with Crippen LogP contribution in [0.4, 0.5) is 4.39 Å². The van der Waals surface area contributed by atoms with Crippen LogP contribution in [0.1, 0.15) is 18.5 Å². The molecule has 0 fully saturated rings. The topological polar surface area (TPSA) is 43.6 Å². The van der Waals surface area contributed by atoms with Gasteiger partial charge in [-0.2, -0.15) is 5.10 Å². The number of aromatic nitrogens is 4. The highest BCUT2D eigenvalue weighted by molar-refractivity contribution is 6.29. The lowest BCUT2D eigenvalue weighted by Gasteiger charge is -2.14. The molecular formula is C13H10ClFN4. The van der Waals surface area contributed by atoms with Crippen molar-refractivity contribution in [1.82, 2.24) is 19.7 Å². The molecule has 19 heavy (non-hydrogen) atoms. The normalized spacial score (nSPS) is 12.8. The van der Waals surface area contributed by atoms with Crippen LogP contribution >= 0.6 is 11.6 Å². The molecular weight excluding hydrogens is 267 g/mol. The van der Waals surface area contributed by atoms with Gasteiger partial charge in [-0.15, -0.1) is 0 Å². The minimum atomic E-state index is -0.286. The van der Waals surface area contributed by atoms with Gasteiger partial charge in [-0.05, 0) is 13.0 Å². The van der Waals surface area contributed by atoms with Crippen molar-refractivity contribution >= 4 is 22.8 Å². The van der Waals surface area contributed by atoms with Crippen LogP contribution in [0.5, 0.6) is 0 Å². The van der Waals surface area contributed by atoms with Crippen LogP contribution < -0.4 is 0 Å². The first-order chi connectivity index (χ1) is 9.16. The SMILES string of the molecule is CC(c1ccccc1F)n1ncc2ncc(Cl)nc21. The van der Waals surface area contributed by atoms with Crippen molar-refractivity contribution in [1.29, 1.82) is 0 Å². The summed E-state index contributed by atoms with van der Waals surface area (Å²) in [7, 11) is 0. The standard InChI is InChI=1S/C13H10ClFN4/c1-8(9-4-2-3-5-10(9)15)19-13-11(6-17-19)16-7-12(14)18-13/h2-8H,1H3. The summed E-state index contributed by atoms with van der Waals surface area (Å²) in [5.41, 5.74) is 1.73. The third-order valence-corrected chi connectivity index (χ3v) is 3.18. The fourth-order valence-corrected chi connectivity index (χ4v) is 2.16. The fourth-order valence-electron chi connectivity index (χ4n) is 2.03. The van der Waals surface area contributed by atoms with Gasteiger partial charge in [-0.3, -0.25) is 0 Å². The molecule has 1 aromatic carbocycles. The van der Waals surface area contributed by atoms with Gasteiger partial charge in [0.05, 0.1) is 18.4 Å². The summed E-state index contributed by atoms with van der Waals surface area (Å²) in [5, 5.41) is 4.51. The Morgan fingerprint density at radius 2 is 2.05 bits per heavy atom. The highest BCUT2D eigenvalue weighted by atomic mass is 35.5. The Balaban J connectivity index is 2.14. The van der Waals surface area contributed by atoms with Gasteiger partial charge >= 0.3 is 0 Å². The van der Waals surface area contributed by atoms with E-state index in [0.29, 0.717) is 16.7 Å². The van der Waals surface area contributed by atoms with E-state index < -0.39 is 0 Å². The van der Waals surface area contributed by atoms with Crippen molar-refractivity contribution in [3.63, 3.8) is 0 Å². The summed E-state index contributed by atoms with van der Waals surface area (Å²) in [4.78, 5) is 8.32. The zero-order chi connectivity index (χ0) is 13.4. The number of nitrogens with zero attached hydrogens (tertiary/aromatic N) is 4. The molecule has 0 radical (unpaired) electrons. The summed E-state index contributed by atoms with van der Waals surface area (Å²) in [6.07, 6.45) is 3.06. The van der Waals surface area contributed by atoms with Crippen LogP contribution in [0.3, 0.4) is 0 Å². The number of hydrogen-bond acceptors (Lipinski definition) is 3. The molecule has 0 aliphatic rings. The molecule has 6 heteroatoms. The van der Waals surface area contributed by atoms with Crippen molar-refractivity contribution in [2.24, 2.45) is 0 Å². The fraction of sp³-hybridized carbons (Fsp3) is 0.154. The van der Waals surface area contributed by atoms with E-state index in [2.05, 4.69) is 15.1 Å². The van der Waals surface area contributed by atoms with E-state index in [1.54, 1.807) is 29.1 Å². The Labute approximate surface area is 113 Å². The van der Waals surface area contributed by atoms with Crippen LogP contribution in [-0.2, 0) is 0 Å². The summed E-state index contributed by atoms with van der Waals surface area (Å²) in [6, 6.07) is 6.32. The van der Waals surface area contributed by atoms with Crippen molar-refractivity contribution in [3.8, 4) is 0 Å². The molecule has 3 aromatic rings. The Hall–Kier alpha value is -2.01. The molecule has 96 valence electrons. The monoisotopic (exact) mass is 276 g/mol. The summed E-state index contributed by atoms with van der Waals surface area (Å²) in [6.45, 7) is 1.85. The van der Waals surface area contributed by atoms with Crippen LogP contribution in [0, 0.1) is 5.82 Å². The highest BCUT2D eigenvalue weighted by Crippen LogP contribution is 2.23. The molecule has 3 rings (SSSR count). The minimum Gasteiger partial charge on any atom is -0.248 e. The molecule has 1 unspecified atom stereocenters. The molecule has 0 amide bonds. The lowest BCUT2D eigenvalue weighted by molar-refractivity contribution is 0.530. The average Bonchev–Trinajstić information content (AvgIpc) is 2.81. The first kappa shape index (κ1) is 12.0. The van der Waals surface area contributed by atoms with Gasteiger partial charge < -0.3 is 0 Å². The molecule has 2 heterocycles. The van der Waals surface area contributed by atoms with E-state index in [9.17, 15) is 4.39 Å². The molecule has 0 bridgehead atoms. The third kappa shape index (κ3) is 2.06. The maximum absolute atomic E-state index is 13.8. The largest absolute Gasteiger partial charge is 0.248 e. The van der Waals surface area contributed by atoms with E-state index in [1.165, 1.54) is 12.3 Å². The summed E-state index contributed by atoms with van der Waals surface area (Å²) >= 11 is 5.84. The highest BCUT2D eigenvalue weighted by Gasteiger charge is 2.16. The van der Waals surface area contributed by atoms with E-state index in [4.69, 9.17) is 11.6 Å². The lowest BCUT2D eigenvalue weighted by atomic mass is 10.1. The molecule has 2 aromatic heterocycles. The van der Waals surface area contributed by atoms with Gasteiger partial charge in [-0.25, -0.2) is 19.0 Å². The predicted octanol–water partition coefficient (Wildman–Crippen LogP) is 3.23. The van der Waals surface area contributed by atoms with Crippen molar-refractivity contribution in [3.05, 3.63) is 53.2 Å². The van der Waals surface area contributed by atoms with Gasteiger partial charge in [0.2, 0.25) is 0 Å². The van der Waals surface area contributed by atoms with E-state index in [-0.39, 0.29) is 17.0 Å². The first-order valence-electron chi connectivity index (χ1n) is 5.77. The molecule has 1 atom stereocenters. The van der Waals surface area contributed by atoms with Crippen LogP contribution in [0.25, 0.3) is 11.2 Å². The summed E-state index contributed by atoms with van der Waals surface area (Å²) < 4.78 is 15.4. The lowest BCUT2D eigenvalue weighted by Crippen LogP contribution is -2.10. The van der Waals surface area contributed by atoms with Gasteiger partial charge in [0.25, 0.3) is 0 Å². The number of fused-ring (bicyclic) bond motifs is 1. The first-order valence-corrected chi connectivity index (χ1v) is 6.15. The maximum atomic E-state index is 13.8. The van der Waals surface area contributed by atoms with E-state index >= 15 is 0 Å². The number of benzene rings is 1. The Bertz CT molecular complexity index is 740. The van der Waals surface area contributed by atoms with Gasteiger partial charge in [-0.1, -0.05) is 29.8 Å². The van der Waals surface area contributed by atoms with Gasteiger partial charge in [0.15, 0.2) is 5.65 Å². The van der Waals surface area contributed by atoms with Crippen molar-refractivity contribution in [2.45, 2.75) is 13.0 Å². The number of hydrogen-bond donors (Lipinski definition) is 0. The van der Waals surface area contributed by atoms with Crippen molar-refractivity contribution < 1.29 is 4.39 Å². The molecule has 0 aliphatic carbocycles. The zero-order valence-electron chi connectivity index (χ0n) is 10.1. The predicted molar refractivity (Wildman–Crippen MR) is 70.5 cm³/mol. The Morgan fingerprint density at radius 1 is 1.26 bits per heavy atom. The van der Waals surface area contributed by atoms with Gasteiger partial charge in [0.1, 0.15) is 16.5 Å². The molecule has 0 N–H and O–H groups in total. The Kier molecular flexibility index (Phi) is 2.91. The van der Waals surface area contributed by atoms with Crippen molar-refractivity contribution in [2.75, 3.05) is 0 Å². The quantitative estimate of drug-likeness (QED) is 0.722. The molecule has 0 aliphatic heterocycles. The molecule has 0 spiro atoms. The zero-order valence-corrected chi connectivity index (χ0v) is 10.8. The Morgan fingerprint density at radius 3 is 2.84 bits per heavy atom. The third-order valence-electron chi connectivity index (χ3n) is 3.00. The maximum Gasteiger partial charge on any atom is 0.178 e. The van der Waals surface area contributed by atoms with Gasteiger partial charge in [0, 0.05) is 5.56 Å². The second-order valence-corrected chi connectivity index (χ2v) is 4.58. The average molecular weight is 277 g/mol. The van der Waals surface area contributed by atoms with E-state index in [0.717, 1.165) is 0 Å².